The van der Waals surface area contributed by atoms with Crippen LogP contribution in [0.25, 0.3) is 22.0 Å². The van der Waals surface area contributed by atoms with Crippen LogP contribution in [0.1, 0.15) is 55.4 Å². The zero-order valence-electron chi connectivity index (χ0n) is 22.4. The average Bonchev–Trinajstić information content (AvgIpc) is 3.50. The molecular weight excluding hydrogens is 533 g/mol. The van der Waals surface area contributed by atoms with Crippen LogP contribution in [0.15, 0.2) is 53.7 Å². The first-order valence-corrected chi connectivity index (χ1v) is 13.5. The third kappa shape index (κ3) is 4.67. The molecule has 1 aliphatic rings. The molecule has 6 rings (SSSR count). The van der Waals surface area contributed by atoms with Crippen LogP contribution in [-0.4, -0.2) is 34.6 Å². The summed E-state index contributed by atoms with van der Waals surface area (Å²) in [4.78, 5) is 21.5. The Labute approximate surface area is 234 Å². The van der Waals surface area contributed by atoms with E-state index in [1.54, 1.807) is 31.6 Å². The maximum Gasteiger partial charge on any atom is 0.274 e. The Morgan fingerprint density at radius 3 is 2.73 bits per heavy atom. The second-order valence-corrected chi connectivity index (χ2v) is 11.2. The van der Waals surface area contributed by atoms with Crippen LogP contribution < -0.4 is 10.9 Å². The van der Waals surface area contributed by atoms with Gasteiger partial charge in [0.2, 0.25) is 0 Å². The molecular formula is C29H29ClFN7O2. The topological polar surface area (TPSA) is 114 Å². The van der Waals surface area contributed by atoms with Crippen LogP contribution in [0, 0.1) is 5.82 Å². The molecule has 0 radical (unpaired) electrons. The molecule has 5 aromatic rings. The number of nitrogens with one attached hydrogen (secondary N) is 2. The highest BCUT2D eigenvalue weighted by molar-refractivity contribution is 6.31. The Bertz CT molecular complexity index is 1780. The summed E-state index contributed by atoms with van der Waals surface area (Å²) in [5.74, 6) is -0.327. The molecule has 1 atom stereocenters. The number of hydrogen-bond acceptors (Lipinski definition) is 6. The monoisotopic (exact) mass is 561 g/mol. The number of benzene rings is 2. The zero-order valence-corrected chi connectivity index (χ0v) is 23.1. The van der Waals surface area contributed by atoms with E-state index in [0.717, 1.165) is 36.2 Å². The number of aromatic nitrogens is 6. The van der Waals surface area contributed by atoms with Crippen molar-refractivity contribution in [3.8, 4) is 11.1 Å². The summed E-state index contributed by atoms with van der Waals surface area (Å²) in [5.41, 5.74) is 3.76. The van der Waals surface area contributed by atoms with Crippen LogP contribution in [-0.2, 0) is 25.6 Å². The quantitative estimate of drug-likeness (QED) is 0.266. The Kier molecular flexibility index (Phi) is 6.47. The molecule has 0 saturated heterocycles. The Morgan fingerprint density at radius 2 is 1.98 bits per heavy atom. The van der Waals surface area contributed by atoms with Crippen molar-refractivity contribution in [3.63, 3.8) is 0 Å². The summed E-state index contributed by atoms with van der Waals surface area (Å²) in [6.45, 7) is 3.45. The molecule has 206 valence electrons. The first-order valence-electron chi connectivity index (χ1n) is 13.1. The predicted molar refractivity (Wildman–Crippen MR) is 152 cm³/mol. The van der Waals surface area contributed by atoms with Gasteiger partial charge in [0.15, 0.2) is 5.82 Å². The lowest BCUT2D eigenvalue weighted by Crippen LogP contribution is -2.20. The van der Waals surface area contributed by atoms with Crippen molar-refractivity contribution in [1.29, 1.82) is 0 Å². The molecule has 0 spiro atoms. The van der Waals surface area contributed by atoms with E-state index >= 15 is 4.39 Å². The molecule has 1 unspecified atom stereocenters. The van der Waals surface area contributed by atoms with Gasteiger partial charge in [-0.1, -0.05) is 11.6 Å². The summed E-state index contributed by atoms with van der Waals surface area (Å²) < 4.78 is 18.5. The number of hydrogen-bond donors (Lipinski definition) is 3. The number of fused-ring (bicyclic) bond motifs is 2. The first kappa shape index (κ1) is 26.2. The lowest BCUT2D eigenvalue weighted by atomic mass is 9.93. The van der Waals surface area contributed by atoms with Crippen LogP contribution in [0.2, 0.25) is 5.02 Å². The molecule has 0 fully saturated rings. The fourth-order valence-corrected chi connectivity index (χ4v) is 5.52. The summed E-state index contributed by atoms with van der Waals surface area (Å²) in [6.07, 6.45) is 7.91. The minimum atomic E-state index is -1.22. The summed E-state index contributed by atoms with van der Waals surface area (Å²) >= 11 is 6.63. The van der Waals surface area contributed by atoms with Crippen molar-refractivity contribution in [2.45, 2.75) is 51.3 Å². The normalized spacial score (nSPS) is 15.4. The van der Waals surface area contributed by atoms with E-state index in [9.17, 15) is 9.90 Å². The van der Waals surface area contributed by atoms with Crippen molar-refractivity contribution < 1.29 is 9.50 Å². The zero-order chi connectivity index (χ0) is 28.2. The third-order valence-electron chi connectivity index (χ3n) is 7.51. The lowest BCUT2D eigenvalue weighted by molar-refractivity contribution is 0.0687. The maximum atomic E-state index is 15.2. The lowest BCUT2D eigenvalue weighted by Gasteiger charge is -2.24. The highest BCUT2D eigenvalue weighted by atomic mass is 35.5. The largest absolute Gasteiger partial charge is 0.382 e. The minimum absolute atomic E-state index is 0.118. The Balaban J connectivity index is 1.36. The number of aromatic amines is 1. The fraction of sp³-hybridized carbons (Fsp3) is 0.310. The summed E-state index contributed by atoms with van der Waals surface area (Å²) in [5, 5.41) is 21.9. The van der Waals surface area contributed by atoms with Crippen molar-refractivity contribution in [3.05, 3.63) is 92.8 Å². The van der Waals surface area contributed by atoms with E-state index in [1.807, 2.05) is 24.4 Å². The predicted octanol–water partition coefficient (Wildman–Crippen LogP) is 5.08. The van der Waals surface area contributed by atoms with Crippen LogP contribution in [0.3, 0.4) is 0 Å². The van der Waals surface area contributed by atoms with Gasteiger partial charge in [-0.05, 0) is 74.6 Å². The maximum absolute atomic E-state index is 15.2. The first-order chi connectivity index (χ1) is 19.1. The van der Waals surface area contributed by atoms with E-state index in [4.69, 9.17) is 11.6 Å². The van der Waals surface area contributed by atoms with Gasteiger partial charge < -0.3 is 10.4 Å². The van der Waals surface area contributed by atoms with Crippen molar-refractivity contribution in [2.24, 2.45) is 7.05 Å². The Morgan fingerprint density at radius 1 is 1.20 bits per heavy atom. The molecule has 9 nitrogen and oxygen atoms in total. The second kappa shape index (κ2) is 9.87. The van der Waals surface area contributed by atoms with Crippen LogP contribution in [0.5, 0.6) is 0 Å². The number of H-pyrrole nitrogens is 1. The average molecular weight is 562 g/mol. The van der Waals surface area contributed by atoms with Gasteiger partial charge in [0.05, 0.1) is 35.4 Å². The molecule has 1 aliphatic carbocycles. The van der Waals surface area contributed by atoms with Crippen molar-refractivity contribution >= 4 is 28.2 Å². The van der Waals surface area contributed by atoms with E-state index in [1.165, 1.54) is 28.7 Å². The van der Waals surface area contributed by atoms with E-state index in [2.05, 4.69) is 25.5 Å². The van der Waals surface area contributed by atoms with Gasteiger partial charge in [-0.2, -0.15) is 5.10 Å². The number of aliphatic hydroxyl groups is 1. The molecule has 11 heteroatoms. The SMILES string of the molecule is Cn1c(=O)c2cc(F)c(-c3cnc(C(C)(C)O)nc3)cc2n1Cc1cc(NC2CCCc3cn[nH]c32)ccc1Cl. The standard InChI is InChI=1S/C29H29ClFN7O2/c1-29(2,40)28-32-12-18(13-33-28)20-11-25-21(10-23(20)31)27(39)37(3)38(25)15-17-9-19(7-8-22(17)30)35-24-6-4-5-16-14-34-36-26(16)24/h7-14,24,35,40H,4-6,15H2,1-3H3,(H,34,36). The highest BCUT2D eigenvalue weighted by Crippen LogP contribution is 2.33. The minimum Gasteiger partial charge on any atom is -0.382 e. The van der Waals surface area contributed by atoms with Crippen LogP contribution in [0.4, 0.5) is 10.1 Å². The van der Waals surface area contributed by atoms with Gasteiger partial charge in [0.1, 0.15) is 11.4 Å². The number of anilines is 1. The molecule has 0 amide bonds. The van der Waals surface area contributed by atoms with Gasteiger partial charge in [0, 0.05) is 41.3 Å². The molecule has 3 heterocycles. The van der Waals surface area contributed by atoms with Gasteiger partial charge in [-0.3, -0.25) is 19.3 Å². The van der Waals surface area contributed by atoms with Gasteiger partial charge in [-0.25, -0.2) is 14.4 Å². The van der Waals surface area contributed by atoms with E-state index < -0.39 is 11.4 Å². The number of aryl methyl sites for hydroxylation is 1. The van der Waals surface area contributed by atoms with E-state index in [-0.39, 0.29) is 28.4 Å². The number of rotatable bonds is 6. The highest BCUT2D eigenvalue weighted by Gasteiger charge is 2.23. The summed E-state index contributed by atoms with van der Waals surface area (Å²) in [7, 11) is 1.65. The molecule has 0 saturated carbocycles. The smallest absolute Gasteiger partial charge is 0.274 e. The van der Waals surface area contributed by atoms with Crippen LogP contribution >= 0.6 is 11.6 Å². The second-order valence-electron chi connectivity index (χ2n) is 10.8. The molecule has 3 aromatic heterocycles. The summed E-state index contributed by atoms with van der Waals surface area (Å²) in [6, 6.07) is 8.76. The van der Waals surface area contributed by atoms with E-state index in [0.29, 0.717) is 22.6 Å². The molecule has 40 heavy (non-hydrogen) atoms. The Hall–Kier alpha value is -4.02. The van der Waals surface area contributed by atoms with Gasteiger partial charge >= 0.3 is 0 Å². The number of nitrogens with zero attached hydrogens (tertiary/aromatic N) is 5. The molecule has 2 aromatic carbocycles. The third-order valence-corrected chi connectivity index (χ3v) is 7.87. The number of halogens is 2. The van der Waals surface area contributed by atoms with Gasteiger partial charge in [0.25, 0.3) is 5.56 Å². The van der Waals surface area contributed by atoms with Crippen molar-refractivity contribution in [1.82, 2.24) is 29.5 Å². The molecule has 0 bridgehead atoms. The molecule has 3 N–H and O–H groups in total. The van der Waals surface area contributed by atoms with Crippen molar-refractivity contribution in [2.75, 3.05) is 5.32 Å². The van der Waals surface area contributed by atoms with Gasteiger partial charge in [-0.15, -0.1) is 0 Å². The fourth-order valence-electron chi connectivity index (χ4n) is 5.34. The molecule has 0 aliphatic heterocycles.